The molecule has 4 aromatic rings. The van der Waals surface area contributed by atoms with Crippen LogP contribution in [-0.4, -0.2) is 37.7 Å². The highest BCUT2D eigenvalue weighted by Gasteiger charge is 2.21. The summed E-state index contributed by atoms with van der Waals surface area (Å²) in [6, 6.07) is 9.02. The number of halogens is 1. The SMILES string of the molecule is Cc1ccc(C(=O)Nc2cc(C(C)(C)C)on2)cc1-n1cc(-c2cncc(CCCF)c2)nn1. The molecule has 0 bridgehead atoms. The van der Waals surface area contributed by atoms with Gasteiger partial charge in [-0.1, -0.05) is 37.2 Å². The number of pyridine rings is 1. The summed E-state index contributed by atoms with van der Waals surface area (Å²) < 4.78 is 19.5. The molecular weight excluding hydrogens is 435 g/mol. The molecule has 0 aliphatic heterocycles. The summed E-state index contributed by atoms with van der Waals surface area (Å²) in [4.78, 5) is 17.1. The fourth-order valence-electron chi connectivity index (χ4n) is 3.42. The lowest BCUT2D eigenvalue weighted by Crippen LogP contribution is -2.13. The molecule has 34 heavy (non-hydrogen) atoms. The first-order valence-corrected chi connectivity index (χ1v) is 11.1. The molecule has 0 saturated heterocycles. The lowest BCUT2D eigenvalue weighted by atomic mass is 9.93. The topological polar surface area (TPSA) is 98.7 Å². The zero-order valence-electron chi connectivity index (χ0n) is 19.7. The number of benzene rings is 1. The zero-order valence-corrected chi connectivity index (χ0v) is 19.7. The van der Waals surface area contributed by atoms with Gasteiger partial charge in [-0.25, -0.2) is 4.68 Å². The minimum atomic E-state index is -0.363. The molecule has 0 aliphatic carbocycles. The maximum Gasteiger partial charge on any atom is 0.256 e. The standard InChI is InChI=1S/C25H27FN6O2/c1-16-7-8-18(24(33)28-23-12-22(34-30-23)25(2,3)4)11-21(16)32-15-20(29-31-32)19-10-17(6-5-9-26)13-27-14-19/h7-8,10-15H,5-6,9H2,1-4H3,(H,28,30,33). The highest BCUT2D eigenvalue weighted by atomic mass is 19.1. The predicted octanol–water partition coefficient (Wildman–Crippen LogP) is 5.08. The quantitative estimate of drug-likeness (QED) is 0.411. The highest BCUT2D eigenvalue weighted by Crippen LogP contribution is 2.25. The molecule has 0 aliphatic rings. The monoisotopic (exact) mass is 462 g/mol. The average Bonchev–Trinajstić information content (AvgIpc) is 3.48. The van der Waals surface area contributed by atoms with E-state index in [1.54, 1.807) is 41.5 Å². The van der Waals surface area contributed by atoms with Crippen LogP contribution >= 0.6 is 0 Å². The number of hydrogen-bond acceptors (Lipinski definition) is 6. The molecule has 1 amide bonds. The Balaban J connectivity index is 1.55. The smallest absolute Gasteiger partial charge is 0.256 e. The van der Waals surface area contributed by atoms with E-state index in [9.17, 15) is 9.18 Å². The Morgan fingerprint density at radius 1 is 1.18 bits per heavy atom. The normalized spacial score (nSPS) is 11.6. The lowest BCUT2D eigenvalue weighted by molar-refractivity contribution is 0.102. The third-order valence-corrected chi connectivity index (χ3v) is 5.39. The number of carbonyl (C=O) groups is 1. The van der Waals surface area contributed by atoms with Crippen molar-refractivity contribution in [1.29, 1.82) is 0 Å². The van der Waals surface area contributed by atoms with Crippen LogP contribution in [0.5, 0.6) is 0 Å². The highest BCUT2D eigenvalue weighted by molar-refractivity contribution is 6.04. The van der Waals surface area contributed by atoms with Crippen LogP contribution in [0.25, 0.3) is 16.9 Å². The third-order valence-electron chi connectivity index (χ3n) is 5.39. The number of alkyl halides is 1. The van der Waals surface area contributed by atoms with Crippen LogP contribution in [0, 0.1) is 6.92 Å². The predicted molar refractivity (Wildman–Crippen MR) is 127 cm³/mol. The van der Waals surface area contributed by atoms with Gasteiger partial charge in [0.1, 0.15) is 11.5 Å². The van der Waals surface area contributed by atoms with Crippen molar-refractivity contribution >= 4 is 11.7 Å². The minimum Gasteiger partial charge on any atom is -0.359 e. The number of rotatable bonds is 7. The number of nitrogens with zero attached hydrogens (tertiary/aromatic N) is 5. The van der Waals surface area contributed by atoms with Gasteiger partial charge in [0, 0.05) is 35.0 Å². The van der Waals surface area contributed by atoms with Crippen LogP contribution in [0.2, 0.25) is 0 Å². The molecule has 3 aromatic heterocycles. The molecule has 176 valence electrons. The van der Waals surface area contributed by atoms with Gasteiger partial charge in [0.25, 0.3) is 5.91 Å². The molecular formula is C25H27FN6O2. The molecule has 3 heterocycles. The van der Waals surface area contributed by atoms with Crippen molar-refractivity contribution in [3.63, 3.8) is 0 Å². The van der Waals surface area contributed by atoms with E-state index < -0.39 is 0 Å². The Morgan fingerprint density at radius 3 is 2.74 bits per heavy atom. The number of anilines is 1. The number of carbonyl (C=O) groups excluding carboxylic acids is 1. The summed E-state index contributed by atoms with van der Waals surface area (Å²) in [7, 11) is 0. The molecule has 0 radical (unpaired) electrons. The number of nitrogens with one attached hydrogen (secondary N) is 1. The number of amides is 1. The van der Waals surface area contributed by atoms with Gasteiger partial charge in [-0.15, -0.1) is 5.10 Å². The van der Waals surface area contributed by atoms with Gasteiger partial charge in [0.05, 0.1) is 18.6 Å². The first kappa shape index (κ1) is 23.3. The van der Waals surface area contributed by atoms with Crippen LogP contribution < -0.4 is 5.32 Å². The summed E-state index contributed by atoms with van der Waals surface area (Å²) in [5, 5.41) is 15.2. The van der Waals surface area contributed by atoms with Crippen molar-refractivity contribution in [2.24, 2.45) is 0 Å². The summed E-state index contributed by atoms with van der Waals surface area (Å²) >= 11 is 0. The fourth-order valence-corrected chi connectivity index (χ4v) is 3.42. The summed E-state index contributed by atoms with van der Waals surface area (Å²) in [6.45, 7) is 7.60. The van der Waals surface area contributed by atoms with E-state index in [0.717, 1.165) is 22.4 Å². The molecule has 0 atom stereocenters. The maximum atomic E-state index is 12.8. The van der Waals surface area contributed by atoms with Crippen LogP contribution in [0.4, 0.5) is 10.2 Å². The van der Waals surface area contributed by atoms with Crippen LogP contribution in [0.3, 0.4) is 0 Å². The van der Waals surface area contributed by atoms with Gasteiger partial charge >= 0.3 is 0 Å². The number of hydrogen-bond donors (Lipinski definition) is 1. The Hall–Kier alpha value is -3.88. The molecule has 9 heteroatoms. The van der Waals surface area contributed by atoms with Crippen molar-refractivity contribution < 1.29 is 13.7 Å². The largest absolute Gasteiger partial charge is 0.359 e. The van der Waals surface area contributed by atoms with Crippen LogP contribution in [-0.2, 0) is 11.8 Å². The second-order valence-electron chi connectivity index (χ2n) is 9.20. The lowest BCUT2D eigenvalue weighted by Gasteiger charge is -2.12. The summed E-state index contributed by atoms with van der Waals surface area (Å²) in [5.74, 6) is 0.742. The molecule has 1 N–H and O–H groups in total. The van der Waals surface area contributed by atoms with Gasteiger partial charge in [-0.3, -0.25) is 14.2 Å². The van der Waals surface area contributed by atoms with Gasteiger partial charge in [-0.2, -0.15) is 0 Å². The maximum absolute atomic E-state index is 12.8. The third kappa shape index (κ3) is 5.19. The van der Waals surface area contributed by atoms with Gasteiger partial charge < -0.3 is 9.84 Å². The van der Waals surface area contributed by atoms with Crippen LogP contribution in [0.1, 0.15) is 54.4 Å². The van der Waals surface area contributed by atoms with Crippen molar-refractivity contribution in [1.82, 2.24) is 25.1 Å². The van der Waals surface area contributed by atoms with E-state index in [1.165, 1.54) is 0 Å². The van der Waals surface area contributed by atoms with E-state index in [0.29, 0.717) is 35.7 Å². The van der Waals surface area contributed by atoms with E-state index in [4.69, 9.17) is 4.52 Å². The summed E-state index contributed by atoms with van der Waals surface area (Å²) in [5.41, 5.74) is 4.29. The van der Waals surface area contributed by atoms with Crippen molar-refractivity contribution in [3.05, 3.63) is 71.4 Å². The zero-order chi connectivity index (χ0) is 24.3. The van der Waals surface area contributed by atoms with Gasteiger partial charge in [0.15, 0.2) is 5.82 Å². The minimum absolute atomic E-state index is 0.208. The molecule has 0 spiro atoms. The Bertz CT molecular complexity index is 1300. The van der Waals surface area contributed by atoms with Crippen molar-refractivity contribution in [3.8, 4) is 16.9 Å². The van der Waals surface area contributed by atoms with Crippen LogP contribution in [0.15, 0.2) is 53.4 Å². The molecule has 0 saturated carbocycles. The molecule has 0 unspecified atom stereocenters. The van der Waals surface area contributed by atoms with E-state index in [2.05, 4.69) is 25.8 Å². The Kier molecular flexibility index (Phi) is 6.54. The Labute approximate surface area is 197 Å². The number of aryl methyl sites for hydroxylation is 2. The number of aromatic nitrogens is 5. The Morgan fingerprint density at radius 2 is 2.00 bits per heavy atom. The van der Waals surface area contributed by atoms with Gasteiger partial charge in [0.2, 0.25) is 0 Å². The molecule has 8 nitrogen and oxygen atoms in total. The van der Waals surface area contributed by atoms with E-state index in [-0.39, 0.29) is 18.0 Å². The molecule has 4 rings (SSSR count). The first-order valence-electron chi connectivity index (χ1n) is 11.1. The average molecular weight is 463 g/mol. The van der Waals surface area contributed by atoms with E-state index in [1.807, 2.05) is 39.8 Å². The second kappa shape index (κ2) is 9.54. The molecule has 1 aromatic carbocycles. The summed E-state index contributed by atoms with van der Waals surface area (Å²) in [6.07, 6.45) is 6.29. The van der Waals surface area contributed by atoms with Crippen molar-refractivity contribution in [2.75, 3.05) is 12.0 Å². The fraction of sp³-hybridized carbons (Fsp3) is 0.320. The van der Waals surface area contributed by atoms with Gasteiger partial charge in [-0.05, 0) is 49.1 Å². The van der Waals surface area contributed by atoms with Crippen molar-refractivity contribution in [2.45, 2.75) is 46.0 Å². The van der Waals surface area contributed by atoms with E-state index >= 15 is 0 Å². The first-order chi connectivity index (χ1) is 16.2. The second-order valence-corrected chi connectivity index (χ2v) is 9.20. The molecule has 0 fully saturated rings.